The van der Waals surface area contributed by atoms with Crippen LogP contribution < -0.4 is 5.32 Å². The van der Waals surface area contributed by atoms with E-state index < -0.39 is 18.0 Å². The summed E-state index contributed by atoms with van der Waals surface area (Å²) in [5.41, 5.74) is 0. The molecule has 1 atom stereocenters. The molecule has 0 saturated carbocycles. The molecular weight excluding hydrogens is 274 g/mol. The quantitative estimate of drug-likeness (QED) is 0.426. The van der Waals surface area contributed by atoms with Crippen LogP contribution >= 0.6 is 12.6 Å². The number of aliphatic carboxylic acids is 2. The molecule has 0 heterocycles. The van der Waals surface area contributed by atoms with E-state index in [1.165, 1.54) is 18.2 Å². The van der Waals surface area contributed by atoms with E-state index in [0.29, 0.717) is 0 Å². The normalized spacial score (nSPS) is 11.0. The number of rotatable bonds is 5. The Balaban J connectivity index is 0.000000356. The third kappa shape index (κ3) is 8.75. The van der Waals surface area contributed by atoms with Gasteiger partial charge in [-0.1, -0.05) is 6.07 Å². The number of aromatic hydroxyl groups is 2. The molecule has 0 radical (unpaired) electrons. The minimum absolute atomic E-state index is 0.0720. The van der Waals surface area contributed by atoms with Gasteiger partial charge in [0.2, 0.25) is 0 Å². The van der Waals surface area contributed by atoms with Crippen LogP contribution in [0.5, 0.6) is 11.5 Å². The summed E-state index contributed by atoms with van der Waals surface area (Å²) in [7, 11) is 0. The van der Waals surface area contributed by atoms with Gasteiger partial charge >= 0.3 is 11.9 Å². The maximum atomic E-state index is 10.2. The Morgan fingerprint density at radius 3 is 2.00 bits per heavy atom. The molecule has 0 aliphatic carbocycles. The number of nitrogens with one attached hydrogen (secondary N) is 1. The molecule has 0 unspecified atom stereocenters. The fourth-order valence-electron chi connectivity index (χ4n) is 0.933. The van der Waals surface area contributed by atoms with E-state index in [1.54, 1.807) is 6.07 Å². The van der Waals surface area contributed by atoms with Crippen molar-refractivity contribution in [1.82, 2.24) is 5.32 Å². The SMILES string of the molecule is O=C(O)CN[C@@H](CS)C(=O)O.Oc1cccc(O)c1. The van der Waals surface area contributed by atoms with Gasteiger partial charge in [0.15, 0.2) is 0 Å². The number of carbonyl (C=O) groups is 2. The van der Waals surface area contributed by atoms with Crippen molar-refractivity contribution in [2.45, 2.75) is 6.04 Å². The molecule has 0 amide bonds. The van der Waals surface area contributed by atoms with Gasteiger partial charge in [-0.3, -0.25) is 14.9 Å². The number of carboxylic acids is 2. The molecule has 1 rings (SSSR count). The average molecular weight is 289 g/mol. The van der Waals surface area contributed by atoms with Gasteiger partial charge in [-0.25, -0.2) is 0 Å². The summed E-state index contributed by atoms with van der Waals surface area (Å²) in [6.45, 7) is -0.364. The summed E-state index contributed by atoms with van der Waals surface area (Å²) >= 11 is 3.72. The minimum Gasteiger partial charge on any atom is -0.508 e. The lowest BCUT2D eigenvalue weighted by Crippen LogP contribution is -2.40. The van der Waals surface area contributed by atoms with Crippen LogP contribution in [0.1, 0.15) is 0 Å². The Labute approximate surface area is 114 Å². The zero-order valence-corrected chi connectivity index (χ0v) is 10.7. The first-order valence-electron chi connectivity index (χ1n) is 5.13. The molecule has 0 aliphatic heterocycles. The minimum atomic E-state index is -1.10. The van der Waals surface area contributed by atoms with Crippen LogP contribution in [0.3, 0.4) is 0 Å². The van der Waals surface area contributed by atoms with E-state index in [1.807, 2.05) is 0 Å². The highest BCUT2D eigenvalue weighted by Crippen LogP contribution is 2.14. The average Bonchev–Trinajstić information content (AvgIpc) is 2.29. The van der Waals surface area contributed by atoms with Gasteiger partial charge in [0.05, 0.1) is 6.54 Å². The lowest BCUT2D eigenvalue weighted by Gasteiger charge is -2.08. The number of hydrogen-bond acceptors (Lipinski definition) is 6. The molecule has 1 aromatic carbocycles. The second kappa shape index (κ2) is 9.06. The number of carboxylic acid groups (broad SMARTS) is 2. The van der Waals surface area contributed by atoms with Gasteiger partial charge in [-0.05, 0) is 12.1 Å². The lowest BCUT2D eigenvalue weighted by atomic mass is 10.3. The van der Waals surface area contributed by atoms with Crippen LogP contribution in [-0.4, -0.2) is 50.7 Å². The van der Waals surface area contributed by atoms with E-state index in [0.717, 1.165) is 0 Å². The van der Waals surface area contributed by atoms with Crippen molar-refractivity contribution in [3.63, 3.8) is 0 Å². The Morgan fingerprint density at radius 2 is 1.74 bits per heavy atom. The first kappa shape index (κ1) is 17.1. The maximum absolute atomic E-state index is 10.2. The molecule has 19 heavy (non-hydrogen) atoms. The highest BCUT2D eigenvalue weighted by molar-refractivity contribution is 7.80. The van der Waals surface area contributed by atoms with Crippen molar-refractivity contribution >= 4 is 24.6 Å². The number of phenolic OH excluding ortho intramolecular Hbond substituents is 2. The number of phenols is 2. The van der Waals surface area contributed by atoms with Crippen molar-refractivity contribution in [3.05, 3.63) is 24.3 Å². The summed E-state index contributed by atoms with van der Waals surface area (Å²) in [5, 5.41) is 36.1. The second-order valence-corrected chi connectivity index (χ2v) is 3.73. The predicted molar refractivity (Wildman–Crippen MR) is 70.7 cm³/mol. The topological polar surface area (TPSA) is 127 Å². The van der Waals surface area contributed by atoms with Crippen LogP contribution in [-0.2, 0) is 9.59 Å². The van der Waals surface area contributed by atoms with Crippen LogP contribution in [0.2, 0.25) is 0 Å². The highest BCUT2D eigenvalue weighted by atomic mass is 32.1. The monoisotopic (exact) mass is 289 g/mol. The zero-order chi connectivity index (χ0) is 14.8. The first-order chi connectivity index (χ1) is 8.86. The standard InChI is InChI=1S/C6H6O2.C5H9NO4S/c7-5-2-1-3-6(8)4-5;7-4(8)1-6-3(2-11)5(9)10/h1-4,7-8H;3,6,11H,1-2H2,(H,7,8)(H,9,10)/t;3-/m.0/s1. The van der Waals surface area contributed by atoms with Crippen LogP contribution in [0.15, 0.2) is 24.3 Å². The summed E-state index contributed by atoms with van der Waals surface area (Å²) < 4.78 is 0. The molecule has 5 N–H and O–H groups in total. The highest BCUT2D eigenvalue weighted by Gasteiger charge is 2.14. The molecule has 0 aliphatic rings. The summed E-state index contributed by atoms with van der Waals surface area (Å²) in [4.78, 5) is 20.2. The Kier molecular flexibility index (Phi) is 8.14. The third-order valence-corrected chi connectivity index (χ3v) is 2.18. The predicted octanol–water partition coefficient (Wildman–Crippen LogP) is 0.141. The van der Waals surface area contributed by atoms with Crippen molar-refractivity contribution in [2.75, 3.05) is 12.3 Å². The number of benzene rings is 1. The van der Waals surface area contributed by atoms with Gasteiger partial charge in [-0.2, -0.15) is 12.6 Å². The second-order valence-electron chi connectivity index (χ2n) is 3.37. The number of thiol groups is 1. The van der Waals surface area contributed by atoms with E-state index in [4.69, 9.17) is 20.4 Å². The van der Waals surface area contributed by atoms with Gasteiger partial charge in [0, 0.05) is 11.8 Å². The van der Waals surface area contributed by atoms with Crippen molar-refractivity contribution in [1.29, 1.82) is 0 Å². The Hall–Kier alpha value is -1.93. The fraction of sp³-hybridized carbons (Fsp3) is 0.273. The molecular formula is C11H15NO6S. The summed E-state index contributed by atoms with van der Waals surface area (Å²) in [6, 6.07) is 4.96. The van der Waals surface area contributed by atoms with Crippen molar-refractivity contribution in [2.24, 2.45) is 0 Å². The summed E-state index contributed by atoms with van der Waals surface area (Å²) in [6.07, 6.45) is 0. The van der Waals surface area contributed by atoms with Crippen LogP contribution in [0.4, 0.5) is 0 Å². The van der Waals surface area contributed by atoms with Gasteiger partial charge in [0.1, 0.15) is 17.5 Å². The third-order valence-electron chi connectivity index (χ3n) is 1.81. The van der Waals surface area contributed by atoms with Gasteiger partial charge < -0.3 is 20.4 Å². The number of hydrogen-bond donors (Lipinski definition) is 6. The smallest absolute Gasteiger partial charge is 0.321 e. The summed E-state index contributed by atoms with van der Waals surface area (Å²) in [5.74, 6) is -1.93. The largest absolute Gasteiger partial charge is 0.508 e. The lowest BCUT2D eigenvalue weighted by molar-refractivity contribution is -0.139. The molecule has 8 heteroatoms. The Morgan fingerprint density at radius 1 is 1.21 bits per heavy atom. The molecule has 0 saturated heterocycles. The van der Waals surface area contributed by atoms with Gasteiger partial charge in [-0.15, -0.1) is 0 Å². The maximum Gasteiger partial charge on any atom is 0.321 e. The van der Waals surface area contributed by atoms with E-state index in [9.17, 15) is 9.59 Å². The molecule has 106 valence electrons. The first-order valence-corrected chi connectivity index (χ1v) is 5.77. The molecule has 0 fully saturated rings. The molecule has 1 aromatic rings. The van der Waals surface area contributed by atoms with Crippen molar-refractivity contribution < 1.29 is 30.0 Å². The fourth-order valence-corrected chi connectivity index (χ4v) is 1.22. The molecule has 0 aromatic heterocycles. The van der Waals surface area contributed by atoms with Crippen LogP contribution in [0, 0.1) is 0 Å². The van der Waals surface area contributed by atoms with Crippen molar-refractivity contribution in [3.8, 4) is 11.5 Å². The van der Waals surface area contributed by atoms with Gasteiger partial charge in [0.25, 0.3) is 0 Å². The molecule has 0 spiro atoms. The molecule has 0 bridgehead atoms. The Bertz CT molecular complexity index is 408. The van der Waals surface area contributed by atoms with E-state index >= 15 is 0 Å². The zero-order valence-electron chi connectivity index (χ0n) is 9.85. The van der Waals surface area contributed by atoms with E-state index in [2.05, 4.69) is 17.9 Å². The van der Waals surface area contributed by atoms with E-state index in [-0.39, 0.29) is 23.8 Å². The van der Waals surface area contributed by atoms with Crippen LogP contribution in [0.25, 0.3) is 0 Å². The molecule has 7 nitrogen and oxygen atoms in total.